The minimum Gasteiger partial charge on any atom is -0.497 e. The average molecular weight is 202 g/mol. The van der Waals surface area contributed by atoms with E-state index in [1.165, 1.54) is 0 Å². The van der Waals surface area contributed by atoms with Crippen LogP contribution in [0.4, 0.5) is 0 Å². The van der Waals surface area contributed by atoms with Crippen LogP contribution in [-0.4, -0.2) is 12.9 Å². The van der Waals surface area contributed by atoms with E-state index in [2.05, 4.69) is 0 Å². The molecule has 0 atom stereocenters. The van der Waals surface area contributed by atoms with Gasteiger partial charge in [-0.1, -0.05) is 12.1 Å². The van der Waals surface area contributed by atoms with Crippen molar-refractivity contribution in [2.24, 2.45) is 0 Å². The van der Waals surface area contributed by atoms with E-state index in [9.17, 15) is 4.79 Å². The standard InChI is InChI=1S/C13H14O2/c1-15-12-6-2-4-10(9-12)8-11-5-3-7-13(11)14/h2,4,6,8-9H,3,5,7H2,1H3/b11-8+. The van der Waals surface area contributed by atoms with Gasteiger partial charge in [0.2, 0.25) is 0 Å². The highest BCUT2D eigenvalue weighted by molar-refractivity contribution is 6.01. The Labute approximate surface area is 89.6 Å². The first kappa shape index (κ1) is 9.97. The number of carbonyl (C=O) groups excluding carboxylic acids is 1. The lowest BCUT2D eigenvalue weighted by atomic mass is 10.1. The van der Waals surface area contributed by atoms with Crippen molar-refractivity contribution in [1.29, 1.82) is 0 Å². The fraction of sp³-hybridized carbons (Fsp3) is 0.308. The molecule has 0 bridgehead atoms. The van der Waals surface area contributed by atoms with Crippen LogP contribution < -0.4 is 4.74 Å². The summed E-state index contributed by atoms with van der Waals surface area (Å²) in [5.74, 6) is 1.12. The lowest BCUT2D eigenvalue weighted by Gasteiger charge is -2.01. The van der Waals surface area contributed by atoms with Gasteiger partial charge < -0.3 is 4.74 Å². The molecule has 0 N–H and O–H groups in total. The quantitative estimate of drug-likeness (QED) is 0.689. The Balaban J connectivity index is 2.26. The van der Waals surface area contributed by atoms with Crippen LogP contribution in [0, 0.1) is 0 Å². The smallest absolute Gasteiger partial charge is 0.158 e. The van der Waals surface area contributed by atoms with Gasteiger partial charge in [-0.25, -0.2) is 0 Å². The normalized spacial score (nSPS) is 18.5. The average Bonchev–Trinajstić information content (AvgIpc) is 2.65. The number of ketones is 1. The van der Waals surface area contributed by atoms with Crippen LogP contribution in [-0.2, 0) is 4.79 Å². The van der Waals surface area contributed by atoms with Gasteiger partial charge in [0, 0.05) is 6.42 Å². The van der Waals surface area contributed by atoms with Crippen LogP contribution in [0.25, 0.3) is 6.08 Å². The molecule has 1 aliphatic rings. The zero-order valence-corrected chi connectivity index (χ0v) is 8.82. The van der Waals surface area contributed by atoms with Gasteiger partial charge in [0.15, 0.2) is 5.78 Å². The number of hydrogen-bond acceptors (Lipinski definition) is 2. The second kappa shape index (κ2) is 4.30. The minimum atomic E-state index is 0.290. The maximum Gasteiger partial charge on any atom is 0.158 e. The Hall–Kier alpha value is -1.57. The summed E-state index contributed by atoms with van der Waals surface area (Å²) in [6.07, 6.45) is 4.58. The van der Waals surface area contributed by atoms with E-state index in [1.54, 1.807) is 7.11 Å². The number of allylic oxidation sites excluding steroid dienone is 1. The Bertz CT molecular complexity index is 405. The molecule has 1 aromatic rings. The van der Waals surface area contributed by atoms with Crippen molar-refractivity contribution in [2.45, 2.75) is 19.3 Å². The highest BCUT2D eigenvalue weighted by atomic mass is 16.5. The third kappa shape index (κ3) is 2.27. The van der Waals surface area contributed by atoms with Crippen molar-refractivity contribution < 1.29 is 9.53 Å². The van der Waals surface area contributed by atoms with Crippen molar-refractivity contribution in [1.82, 2.24) is 0 Å². The second-order valence-electron chi connectivity index (χ2n) is 3.72. The molecular weight excluding hydrogens is 188 g/mol. The van der Waals surface area contributed by atoms with Crippen LogP contribution in [0.1, 0.15) is 24.8 Å². The lowest BCUT2D eigenvalue weighted by molar-refractivity contribution is -0.114. The van der Waals surface area contributed by atoms with Crippen molar-refractivity contribution in [3.63, 3.8) is 0 Å². The summed E-state index contributed by atoms with van der Waals surface area (Å²) < 4.78 is 5.13. The number of hydrogen-bond donors (Lipinski definition) is 0. The van der Waals surface area contributed by atoms with Gasteiger partial charge in [-0.2, -0.15) is 0 Å². The lowest BCUT2D eigenvalue weighted by Crippen LogP contribution is -1.91. The van der Waals surface area contributed by atoms with E-state index < -0.39 is 0 Å². The van der Waals surface area contributed by atoms with Gasteiger partial charge in [-0.3, -0.25) is 4.79 Å². The predicted molar refractivity (Wildman–Crippen MR) is 59.8 cm³/mol. The van der Waals surface area contributed by atoms with Crippen molar-refractivity contribution in [3.05, 3.63) is 35.4 Å². The molecule has 0 amide bonds. The van der Waals surface area contributed by atoms with E-state index in [0.717, 1.165) is 29.7 Å². The Morgan fingerprint density at radius 2 is 2.20 bits per heavy atom. The maximum atomic E-state index is 11.4. The van der Waals surface area contributed by atoms with Crippen molar-refractivity contribution in [2.75, 3.05) is 7.11 Å². The van der Waals surface area contributed by atoms with E-state index in [1.807, 2.05) is 30.3 Å². The van der Waals surface area contributed by atoms with E-state index in [0.29, 0.717) is 6.42 Å². The molecule has 0 aromatic heterocycles. The van der Waals surface area contributed by atoms with E-state index in [4.69, 9.17) is 4.74 Å². The first-order valence-electron chi connectivity index (χ1n) is 5.17. The summed E-state index contributed by atoms with van der Waals surface area (Å²) in [6.45, 7) is 0. The first-order valence-corrected chi connectivity index (χ1v) is 5.17. The third-order valence-corrected chi connectivity index (χ3v) is 2.64. The van der Waals surface area contributed by atoms with E-state index >= 15 is 0 Å². The summed E-state index contributed by atoms with van der Waals surface area (Å²) in [6, 6.07) is 7.77. The summed E-state index contributed by atoms with van der Waals surface area (Å²) in [5.41, 5.74) is 1.99. The minimum absolute atomic E-state index is 0.290. The van der Waals surface area contributed by atoms with Gasteiger partial charge in [0.25, 0.3) is 0 Å². The molecule has 0 spiro atoms. The molecule has 2 heteroatoms. The second-order valence-corrected chi connectivity index (χ2v) is 3.72. The van der Waals surface area contributed by atoms with Crippen LogP contribution in [0.5, 0.6) is 5.75 Å². The summed E-state index contributed by atoms with van der Waals surface area (Å²) >= 11 is 0. The molecule has 2 nitrogen and oxygen atoms in total. The molecule has 78 valence electrons. The zero-order valence-electron chi connectivity index (χ0n) is 8.82. The summed E-state index contributed by atoms with van der Waals surface area (Å²) in [5, 5.41) is 0. The molecular formula is C13H14O2. The fourth-order valence-electron chi connectivity index (χ4n) is 1.82. The number of methoxy groups -OCH3 is 1. The number of ether oxygens (including phenoxy) is 1. The van der Waals surface area contributed by atoms with Gasteiger partial charge in [0.1, 0.15) is 5.75 Å². The van der Waals surface area contributed by atoms with Crippen LogP contribution >= 0.6 is 0 Å². The molecule has 1 fully saturated rings. The third-order valence-electron chi connectivity index (χ3n) is 2.64. The van der Waals surface area contributed by atoms with Crippen LogP contribution in [0.15, 0.2) is 29.8 Å². The molecule has 1 aromatic carbocycles. The molecule has 0 heterocycles. The zero-order chi connectivity index (χ0) is 10.7. The Morgan fingerprint density at radius 1 is 1.33 bits per heavy atom. The van der Waals surface area contributed by atoms with Gasteiger partial charge in [-0.15, -0.1) is 0 Å². The monoisotopic (exact) mass is 202 g/mol. The van der Waals surface area contributed by atoms with Crippen LogP contribution in [0.3, 0.4) is 0 Å². The number of rotatable bonds is 2. The Kier molecular flexibility index (Phi) is 2.86. The maximum absolute atomic E-state index is 11.4. The topological polar surface area (TPSA) is 26.3 Å². The molecule has 0 unspecified atom stereocenters. The fourth-order valence-corrected chi connectivity index (χ4v) is 1.82. The van der Waals surface area contributed by atoms with Crippen molar-refractivity contribution in [3.8, 4) is 5.75 Å². The highest BCUT2D eigenvalue weighted by Gasteiger charge is 2.16. The highest BCUT2D eigenvalue weighted by Crippen LogP contribution is 2.24. The van der Waals surface area contributed by atoms with Gasteiger partial charge >= 0.3 is 0 Å². The largest absolute Gasteiger partial charge is 0.497 e. The molecule has 2 rings (SSSR count). The number of benzene rings is 1. The molecule has 0 radical (unpaired) electrons. The van der Waals surface area contributed by atoms with Gasteiger partial charge in [0.05, 0.1) is 7.11 Å². The van der Waals surface area contributed by atoms with E-state index in [-0.39, 0.29) is 5.78 Å². The molecule has 0 aliphatic heterocycles. The SMILES string of the molecule is COc1cccc(/C=C2\CCCC2=O)c1. The molecule has 1 aliphatic carbocycles. The van der Waals surface area contributed by atoms with Crippen molar-refractivity contribution >= 4 is 11.9 Å². The van der Waals surface area contributed by atoms with Crippen LogP contribution in [0.2, 0.25) is 0 Å². The van der Waals surface area contributed by atoms with Gasteiger partial charge in [-0.05, 0) is 42.2 Å². The Morgan fingerprint density at radius 3 is 2.87 bits per heavy atom. The number of carbonyl (C=O) groups is 1. The first-order chi connectivity index (χ1) is 7.29. The summed E-state index contributed by atoms with van der Waals surface area (Å²) in [4.78, 5) is 11.4. The number of Topliss-reactive ketones (excluding diaryl/α,β-unsaturated/α-hetero) is 1. The molecule has 15 heavy (non-hydrogen) atoms. The molecule has 0 saturated heterocycles. The molecule has 1 saturated carbocycles. The predicted octanol–water partition coefficient (Wildman–Crippen LogP) is 2.83. The summed E-state index contributed by atoms with van der Waals surface area (Å²) in [7, 11) is 1.65.